The molecule has 1 heterocycles. The van der Waals surface area contributed by atoms with Crippen LogP contribution < -0.4 is 4.74 Å². The van der Waals surface area contributed by atoms with Gasteiger partial charge in [0.05, 0.1) is 6.10 Å². The second-order valence-corrected chi connectivity index (χ2v) is 9.52. The SMILES string of the molecule is CCC[C@@]12c3c4ccc(O)c3CC(N(C)CC3CCC3)C1CC[C@H](O)C2O4. The fourth-order valence-electron chi connectivity index (χ4n) is 6.83. The molecule has 0 radical (unpaired) electrons. The molecule has 0 saturated heterocycles. The quantitative estimate of drug-likeness (QED) is 0.830. The Bertz CT molecular complexity index is 731. The third-order valence-electron chi connectivity index (χ3n) is 8.14. The molecule has 2 N–H and O–H groups in total. The molecule has 0 spiro atoms. The highest BCUT2D eigenvalue weighted by molar-refractivity contribution is 5.59. The van der Waals surface area contributed by atoms with Gasteiger partial charge >= 0.3 is 0 Å². The Kier molecular flexibility index (Phi) is 4.21. The predicted molar refractivity (Wildman–Crippen MR) is 105 cm³/mol. The average Bonchev–Trinajstić information content (AvgIpc) is 2.95. The zero-order valence-corrected chi connectivity index (χ0v) is 16.7. The van der Waals surface area contributed by atoms with Gasteiger partial charge in [-0.3, -0.25) is 0 Å². The maximum atomic E-state index is 10.9. The lowest BCUT2D eigenvalue weighted by Gasteiger charge is -2.55. The Hall–Kier alpha value is -1.26. The first-order chi connectivity index (χ1) is 13.1. The van der Waals surface area contributed by atoms with Crippen molar-refractivity contribution in [1.29, 1.82) is 0 Å². The van der Waals surface area contributed by atoms with Crippen molar-refractivity contribution < 1.29 is 14.9 Å². The first-order valence-electron chi connectivity index (χ1n) is 11.0. The molecule has 148 valence electrons. The van der Waals surface area contributed by atoms with E-state index in [9.17, 15) is 10.2 Å². The topological polar surface area (TPSA) is 52.9 Å². The number of aromatic hydroxyl groups is 1. The molecule has 1 aromatic rings. The van der Waals surface area contributed by atoms with E-state index in [1.165, 1.54) is 24.8 Å². The predicted octanol–water partition coefficient (Wildman–Crippen LogP) is 3.62. The van der Waals surface area contributed by atoms with Crippen LogP contribution in [0.4, 0.5) is 0 Å². The molecule has 0 amide bonds. The molecule has 0 aromatic heterocycles. The zero-order chi connectivity index (χ0) is 18.8. The van der Waals surface area contributed by atoms with E-state index in [1.54, 1.807) is 6.07 Å². The second-order valence-electron chi connectivity index (χ2n) is 9.52. The van der Waals surface area contributed by atoms with Crippen LogP contribution in [0.2, 0.25) is 0 Å². The van der Waals surface area contributed by atoms with E-state index < -0.39 is 6.10 Å². The minimum Gasteiger partial charge on any atom is -0.508 e. The van der Waals surface area contributed by atoms with E-state index in [1.807, 2.05) is 6.07 Å². The number of phenols is 1. The van der Waals surface area contributed by atoms with Gasteiger partial charge in [0, 0.05) is 29.1 Å². The number of nitrogens with zero attached hydrogens (tertiary/aromatic N) is 1. The summed E-state index contributed by atoms with van der Waals surface area (Å²) in [6, 6.07) is 4.13. The zero-order valence-electron chi connectivity index (χ0n) is 16.7. The van der Waals surface area contributed by atoms with Gasteiger partial charge < -0.3 is 19.8 Å². The van der Waals surface area contributed by atoms with E-state index in [4.69, 9.17) is 4.74 Å². The summed E-state index contributed by atoms with van der Waals surface area (Å²) < 4.78 is 6.39. The summed E-state index contributed by atoms with van der Waals surface area (Å²) >= 11 is 0. The minimum atomic E-state index is -0.411. The Morgan fingerprint density at radius 1 is 1.22 bits per heavy atom. The van der Waals surface area contributed by atoms with Crippen molar-refractivity contribution in [3.8, 4) is 11.5 Å². The molecule has 3 aliphatic carbocycles. The molecule has 4 nitrogen and oxygen atoms in total. The van der Waals surface area contributed by atoms with Crippen LogP contribution in [0.15, 0.2) is 12.1 Å². The van der Waals surface area contributed by atoms with Crippen LogP contribution in [0.3, 0.4) is 0 Å². The molecule has 4 heteroatoms. The van der Waals surface area contributed by atoms with Crippen molar-refractivity contribution >= 4 is 0 Å². The van der Waals surface area contributed by atoms with Gasteiger partial charge in [-0.1, -0.05) is 19.8 Å². The van der Waals surface area contributed by atoms with Crippen molar-refractivity contribution in [2.75, 3.05) is 13.6 Å². The van der Waals surface area contributed by atoms with Crippen LogP contribution in [-0.4, -0.2) is 47.0 Å². The molecule has 1 aromatic carbocycles. The van der Waals surface area contributed by atoms with Gasteiger partial charge in [-0.05, 0) is 69.5 Å². The standard InChI is InChI=1S/C23H33NO3/c1-3-11-23-16-7-8-19(26)22(23)27-20-10-9-18(25)15(21(20)23)12-17(16)24(2)13-14-5-4-6-14/h9-10,14,16-17,19,22,25-26H,3-8,11-13H2,1-2H3/t16?,17?,19-,22?,23-/m0/s1. The number of aliphatic hydroxyl groups is 1. The number of hydrogen-bond donors (Lipinski definition) is 2. The Balaban J connectivity index is 1.61. The molecular weight excluding hydrogens is 338 g/mol. The number of ether oxygens (including phenoxy) is 1. The summed E-state index contributed by atoms with van der Waals surface area (Å²) in [6.07, 6.45) is 8.39. The molecule has 2 fully saturated rings. The molecular formula is C23H33NO3. The highest BCUT2D eigenvalue weighted by Gasteiger charge is 2.63. The molecule has 5 rings (SSSR count). The maximum absolute atomic E-state index is 10.9. The van der Waals surface area contributed by atoms with Gasteiger partial charge in [0.2, 0.25) is 0 Å². The molecule has 4 aliphatic rings. The van der Waals surface area contributed by atoms with E-state index in [-0.39, 0.29) is 11.5 Å². The lowest BCUT2D eigenvalue weighted by atomic mass is 9.52. The molecule has 1 aliphatic heterocycles. The Morgan fingerprint density at radius 3 is 2.74 bits per heavy atom. The van der Waals surface area contributed by atoms with Crippen molar-refractivity contribution in [3.63, 3.8) is 0 Å². The van der Waals surface area contributed by atoms with Crippen LogP contribution >= 0.6 is 0 Å². The van der Waals surface area contributed by atoms with Crippen LogP contribution in [-0.2, 0) is 11.8 Å². The van der Waals surface area contributed by atoms with E-state index in [0.29, 0.717) is 17.7 Å². The van der Waals surface area contributed by atoms with E-state index >= 15 is 0 Å². The van der Waals surface area contributed by atoms with Crippen molar-refractivity contribution in [2.45, 2.75) is 82.0 Å². The van der Waals surface area contributed by atoms with Crippen LogP contribution in [0.1, 0.15) is 63.0 Å². The Labute approximate surface area is 162 Å². The van der Waals surface area contributed by atoms with Crippen molar-refractivity contribution in [1.82, 2.24) is 4.90 Å². The van der Waals surface area contributed by atoms with Gasteiger partial charge in [0.1, 0.15) is 17.6 Å². The molecule has 2 saturated carbocycles. The number of aliphatic hydroxyl groups excluding tert-OH is 1. The molecule has 27 heavy (non-hydrogen) atoms. The first-order valence-corrected chi connectivity index (χ1v) is 11.0. The molecule has 0 bridgehead atoms. The highest BCUT2D eigenvalue weighted by Crippen LogP contribution is 2.62. The smallest absolute Gasteiger partial charge is 0.135 e. The number of benzene rings is 1. The summed E-state index contributed by atoms with van der Waals surface area (Å²) in [5.74, 6) is 2.65. The molecule has 3 unspecified atom stereocenters. The van der Waals surface area contributed by atoms with Gasteiger partial charge in [-0.2, -0.15) is 0 Å². The van der Waals surface area contributed by atoms with Crippen molar-refractivity contribution in [3.05, 3.63) is 23.3 Å². The number of phenolic OH excluding ortho intramolecular Hbond substituents is 1. The van der Waals surface area contributed by atoms with Crippen LogP contribution in [0, 0.1) is 11.8 Å². The lowest BCUT2D eigenvalue weighted by molar-refractivity contribution is -0.0796. The van der Waals surface area contributed by atoms with Crippen molar-refractivity contribution in [2.24, 2.45) is 11.8 Å². The normalized spacial score (nSPS) is 37.0. The monoisotopic (exact) mass is 371 g/mol. The lowest BCUT2D eigenvalue weighted by Crippen LogP contribution is -2.62. The fraction of sp³-hybridized carbons (Fsp3) is 0.739. The van der Waals surface area contributed by atoms with E-state index in [0.717, 1.165) is 55.9 Å². The van der Waals surface area contributed by atoms with Gasteiger partial charge in [0.25, 0.3) is 0 Å². The summed E-state index contributed by atoms with van der Waals surface area (Å²) in [6.45, 7) is 3.40. The number of rotatable bonds is 5. The van der Waals surface area contributed by atoms with Gasteiger partial charge in [0.15, 0.2) is 0 Å². The fourth-order valence-corrected chi connectivity index (χ4v) is 6.83. The summed E-state index contributed by atoms with van der Waals surface area (Å²) in [7, 11) is 2.28. The minimum absolute atomic E-state index is 0.146. The largest absolute Gasteiger partial charge is 0.508 e. The van der Waals surface area contributed by atoms with E-state index in [2.05, 4.69) is 18.9 Å². The maximum Gasteiger partial charge on any atom is 0.135 e. The first kappa shape index (κ1) is 17.8. The Morgan fingerprint density at radius 2 is 2.04 bits per heavy atom. The summed E-state index contributed by atoms with van der Waals surface area (Å²) in [4.78, 5) is 2.58. The number of likely N-dealkylation sites (N-methyl/N-ethyl adjacent to an activating group) is 1. The number of hydrogen-bond acceptors (Lipinski definition) is 4. The summed E-state index contributed by atoms with van der Waals surface area (Å²) in [5.41, 5.74) is 2.16. The molecule has 5 atom stereocenters. The van der Waals surface area contributed by atoms with Gasteiger partial charge in [-0.25, -0.2) is 0 Å². The average molecular weight is 372 g/mol. The second kappa shape index (κ2) is 6.38. The highest BCUT2D eigenvalue weighted by atomic mass is 16.5. The third-order valence-corrected chi connectivity index (χ3v) is 8.14. The van der Waals surface area contributed by atoms with Crippen LogP contribution in [0.25, 0.3) is 0 Å². The third kappa shape index (κ3) is 2.42. The van der Waals surface area contributed by atoms with Gasteiger partial charge in [-0.15, -0.1) is 0 Å². The summed E-state index contributed by atoms with van der Waals surface area (Å²) in [5, 5.41) is 21.6. The van der Waals surface area contributed by atoms with Crippen LogP contribution in [0.5, 0.6) is 11.5 Å².